The zero-order valence-electron chi connectivity index (χ0n) is 7.24. The predicted octanol–water partition coefficient (Wildman–Crippen LogP) is 1.10. The lowest BCUT2D eigenvalue weighted by molar-refractivity contribution is -0.121. The van der Waals surface area contributed by atoms with E-state index in [-0.39, 0.29) is 0 Å². The number of rotatable bonds is 4. The Hall–Kier alpha value is -1.22. The van der Waals surface area contributed by atoms with Gasteiger partial charge >= 0.3 is 0 Å². The molecular formula is C10H12FNO. The summed E-state index contributed by atoms with van der Waals surface area (Å²) >= 11 is 0. The molecule has 0 fully saturated rings. The third kappa shape index (κ3) is 2.95. The van der Waals surface area contributed by atoms with E-state index in [1.165, 1.54) is 0 Å². The van der Waals surface area contributed by atoms with E-state index >= 15 is 0 Å². The topological polar surface area (TPSA) is 43.1 Å². The minimum absolute atomic E-state index is 0.406. The fraction of sp³-hybridized carbons (Fsp3) is 0.300. The first kappa shape index (κ1) is 9.86. The van der Waals surface area contributed by atoms with Gasteiger partial charge in [-0.05, 0) is 12.0 Å². The number of Topliss-reactive ketones (excluding diaryl/α,β-unsaturated/α-hetero) is 1. The molecule has 0 spiro atoms. The Kier molecular flexibility index (Phi) is 3.58. The van der Waals surface area contributed by atoms with Gasteiger partial charge in [-0.15, -0.1) is 0 Å². The van der Waals surface area contributed by atoms with E-state index in [4.69, 9.17) is 5.73 Å². The van der Waals surface area contributed by atoms with Crippen LogP contribution in [0.3, 0.4) is 0 Å². The van der Waals surface area contributed by atoms with E-state index in [9.17, 15) is 9.18 Å². The third-order valence-electron chi connectivity index (χ3n) is 1.84. The Morgan fingerprint density at radius 2 is 2.00 bits per heavy atom. The van der Waals surface area contributed by atoms with Crippen molar-refractivity contribution < 1.29 is 9.18 Å². The zero-order chi connectivity index (χ0) is 9.68. The summed E-state index contributed by atoms with van der Waals surface area (Å²) in [5.41, 5.74) is 6.43. The van der Waals surface area contributed by atoms with Crippen LogP contribution in [0, 0.1) is 0 Å². The highest BCUT2D eigenvalue weighted by Gasteiger charge is 2.12. The highest BCUT2D eigenvalue weighted by Crippen LogP contribution is 2.02. The average molecular weight is 181 g/mol. The van der Waals surface area contributed by atoms with Gasteiger partial charge in [0.05, 0.1) is 6.04 Å². The first-order valence-electron chi connectivity index (χ1n) is 4.12. The fourth-order valence-electron chi connectivity index (χ4n) is 1.08. The van der Waals surface area contributed by atoms with Crippen molar-refractivity contribution in [2.75, 3.05) is 6.67 Å². The maximum absolute atomic E-state index is 11.9. The first-order chi connectivity index (χ1) is 6.24. The van der Waals surface area contributed by atoms with Gasteiger partial charge in [0.2, 0.25) is 0 Å². The molecule has 2 N–H and O–H groups in total. The van der Waals surface area contributed by atoms with Crippen LogP contribution < -0.4 is 5.73 Å². The standard InChI is InChI=1S/C10H12FNO/c11-7-10(13)9(12)6-8-4-2-1-3-5-8/h1-5,9H,6-7,12H2. The van der Waals surface area contributed by atoms with Gasteiger partial charge in [0.1, 0.15) is 6.67 Å². The first-order valence-corrected chi connectivity index (χ1v) is 4.12. The summed E-state index contributed by atoms with van der Waals surface area (Å²) in [6, 6.07) is 8.62. The van der Waals surface area contributed by atoms with Crippen LogP contribution >= 0.6 is 0 Å². The third-order valence-corrected chi connectivity index (χ3v) is 1.84. The van der Waals surface area contributed by atoms with E-state index in [0.29, 0.717) is 6.42 Å². The number of benzene rings is 1. The number of halogens is 1. The van der Waals surface area contributed by atoms with Crippen LogP contribution in [-0.2, 0) is 11.2 Å². The number of carbonyl (C=O) groups is 1. The van der Waals surface area contributed by atoms with Crippen molar-refractivity contribution >= 4 is 5.78 Å². The van der Waals surface area contributed by atoms with Gasteiger partial charge in [0, 0.05) is 0 Å². The molecule has 1 rings (SSSR count). The van der Waals surface area contributed by atoms with Crippen LogP contribution in [-0.4, -0.2) is 18.5 Å². The fourth-order valence-corrected chi connectivity index (χ4v) is 1.08. The van der Waals surface area contributed by atoms with Crippen LogP contribution in [0.2, 0.25) is 0 Å². The van der Waals surface area contributed by atoms with Crippen LogP contribution in [0.5, 0.6) is 0 Å². The van der Waals surface area contributed by atoms with Gasteiger partial charge in [-0.25, -0.2) is 4.39 Å². The van der Waals surface area contributed by atoms with Crippen molar-refractivity contribution in [3.05, 3.63) is 35.9 Å². The largest absolute Gasteiger partial charge is 0.321 e. The smallest absolute Gasteiger partial charge is 0.180 e. The van der Waals surface area contributed by atoms with Crippen LogP contribution in [0.15, 0.2) is 30.3 Å². The summed E-state index contributed by atoms with van der Waals surface area (Å²) in [6.07, 6.45) is 0.406. The second-order valence-electron chi connectivity index (χ2n) is 2.90. The molecule has 3 heteroatoms. The van der Waals surface area contributed by atoms with Crippen LogP contribution in [0.4, 0.5) is 4.39 Å². The zero-order valence-corrected chi connectivity index (χ0v) is 7.24. The van der Waals surface area contributed by atoms with E-state index in [2.05, 4.69) is 0 Å². The van der Waals surface area contributed by atoms with Crippen LogP contribution in [0.1, 0.15) is 5.56 Å². The summed E-state index contributed by atoms with van der Waals surface area (Å²) in [5, 5.41) is 0. The quantitative estimate of drug-likeness (QED) is 0.755. The van der Waals surface area contributed by atoms with Gasteiger partial charge < -0.3 is 5.73 Å². The second-order valence-corrected chi connectivity index (χ2v) is 2.90. The van der Waals surface area contributed by atoms with Gasteiger partial charge in [0.15, 0.2) is 5.78 Å². The lowest BCUT2D eigenvalue weighted by Crippen LogP contribution is -2.33. The Bertz CT molecular complexity index is 274. The Morgan fingerprint density at radius 1 is 1.38 bits per heavy atom. The maximum atomic E-state index is 11.9. The monoisotopic (exact) mass is 181 g/mol. The molecule has 0 amide bonds. The number of alkyl halides is 1. The van der Waals surface area contributed by atoms with E-state index < -0.39 is 18.5 Å². The Labute approximate surface area is 76.6 Å². The number of carbonyl (C=O) groups excluding carboxylic acids is 1. The molecule has 1 unspecified atom stereocenters. The number of hydrogen-bond acceptors (Lipinski definition) is 2. The normalized spacial score (nSPS) is 12.5. The molecule has 70 valence electrons. The van der Waals surface area contributed by atoms with Crippen LogP contribution in [0.25, 0.3) is 0 Å². The summed E-state index contributed by atoms with van der Waals surface area (Å²) in [6.45, 7) is -0.978. The lowest BCUT2D eigenvalue weighted by atomic mass is 10.0. The summed E-state index contributed by atoms with van der Waals surface area (Å²) < 4.78 is 11.9. The molecule has 0 aliphatic carbocycles. The van der Waals surface area contributed by atoms with E-state index in [1.54, 1.807) is 0 Å². The molecule has 0 aliphatic rings. The second kappa shape index (κ2) is 4.72. The molecule has 0 aliphatic heterocycles. The molecule has 1 atom stereocenters. The number of hydrogen-bond donors (Lipinski definition) is 1. The number of nitrogens with two attached hydrogens (primary N) is 1. The molecule has 2 nitrogen and oxygen atoms in total. The minimum Gasteiger partial charge on any atom is -0.321 e. The van der Waals surface area contributed by atoms with Crippen molar-refractivity contribution in [2.45, 2.75) is 12.5 Å². The molecule has 0 radical (unpaired) electrons. The van der Waals surface area contributed by atoms with Gasteiger partial charge in [-0.2, -0.15) is 0 Å². The highest BCUT2D eigenvalue weighted by molar-refractivity contribution is 5.85. The SMILES string of the molecule is NC(Cc1ccccc1)C(=O)CF. The molecule has 0 heterocycles. The molecule has 1 aromatic carbocycles. The maximum Gasteiger partial charge on any atom is 0.180 e. The Balaban J connectivity index is 2.55. The van der Waals surface area contributed by atoms with Crippen molar-refractivity contribution in [1.82, 2.24) is 0 Å². The summed E-state index contributed by atoms with van der Waals surface area (Å²) in [5.74, 6) is -0.538. The van der Waals surface area contributed by atoms with Gasteiger partial charge in [0.25, 0.3) is 0 Å². The van der Waals surface area contributed by atoms with Crippen molar-refractivity contribution in [1.29, 1.82) is 0 Å². The summed E-state index contributed by atoms with van der Waals surface area (Å²) in [7, 11) is 0. The average Bonchev–Trinajstić information content (AvgIpc) is 2.18. The molecular weight excluding hydrogens is 169 g/mol. The summed E-state index contributed by atoms with van der Waals surface area (Å²) in [4.78, 5) is 10.8. The predicted molar refractivity (Wildman–Crippen MR) is 49.1 cm³/mol. The minimum atomic E-state index is -0.978. The van der Waals surface area contributed by atoms with E-state index in [1.807, 2.05) is 30.3 Å². The molecule has 0 bridgehead atoms. The Morgan fingerprint density at radius 3 is 2.54 bits per heavy atom. The van der Waals surface area contributed by atoms with Crippen molar-refractivity contribution in [3.8, 4) is 0 Å². The molecule has 0 saturated heterocycles. The number of ketones is 1. The molecule has 0 aromatic heterocycles. The molecule has 1 aromatic rings. The van der Waals surface area contributed by atoms with Crippen molar-refractivity contribution in [3.63, 3.8) is 0 Å². The molecule has 13 heavy (non-hydrogen) atoms. The highest BCUT2D eigenvalue weighted by atomic mass is 19.1. The van der Waals surface area contributed by atoms with Crippen molar-refractivity contribution in [2.24, 2.45) is 5.73 Å². The van der Waals surface area contributed by atoms with Gasteiger partial charge in [-0.1, -0.05) is 30.3 Å². The molecule has 0 saturated carbocycles. The lowest BCUT2D eigenvalue weighted by Gasteiger charge is -2.07. The van der Waals surface area contributed by atoms with E-state index in [0.717, 1.165) is 5.56 Å². The van der Waals surface area contributed by atoms with Gasteiger partial charge in [-0.3, -0.25) is 4.79 Å².